The number of nitrogens with one attached hydrogen (secondary N) is 2. The normalized spacial score (nSPS) is 13.6. The second-order valence-electron chi connectivity index (χ2n) is 11.7. The summed E-state index contributed by atoms with van der Waals surface area (Å²) in [5.41, 5.74) is -0.649. The second-order valence-corrected chi connectivity index (χ2v) is 11.7. The number of phenolic OH excluding ortho intramolecular Hbond substituents is 1. The predicted molar refractivity (Wildman–Crippen MR) is 143 cm³/mol. The van der Waals surface area contributed by atoms with Crippen molar-refractivity contribution < 1.29 is 24.2 Å². The van der Waals surface area contributed by atoms with Crippen LogP contribution in [0.2, 0.25) is 0 Å². The molecule has 1 aromatic rings. The first-order valence-electron chi connectivity index (χ1n) is 13.0. The van der Waals surface area contributed by atoms with Gasteiger partial charge in [-0.2, -0.15) is 0 Å². The second kappa shape index (κ2) is 13.5. The van der Waals surface area contributed by atoms with E-state index >= 15 is 0 Å². The maximum absolute atomic E-state index is 14.0. The van der Waals surface area contributed by atoms with Crippen LogP contribution in [0.3, 0.4) is 0 Å². The molecule has 0 aliphatic carbocycles. The summed E-state index contributed by atoms with van der Waals surface area (Å²) in [5, 5.41) is 15.6. The van der Waals surface area contributed by atoms with E-state index in [0.29, 0.717) is 18.5 Å². The molecule has 204 valence electrons. The Kier molecular flexibility index (Phi) is 11.7. The molecular weight excluding hydrogens is 458 g/mol. The Morgan fingerprint density at radius 3 is 2.03 bits per heavy atom. The number of carbonyl (C=O) groups is 3. The number of amides is 3. The SMILES string of the molecule is CCCCCCN(C(=O)C(NC(=O)OC(C)(C)C)C(C)C)C(C(=O)NC(C)(C)C)c1ccc(O)cc1. The summed E-state index contributed by atoms with van der Waals surface area (Å²) in [6.07, 6.45) is 3.00. The Labute approximate surface area is 217 Å². The number of unbranched alkanes of at least 4 members (excludes halogenated alkanes) is 3. The van der Waals surface area contributed by atoms with Crippen LogP contribution in [0.25, 0.3) is 0 Å². The lowest BCUT2D eigenvalue weighted by molar-refractivity contribution is -0.144. The topological polar surface area (TPSA) is 108 Å². The first-order valence-corrected chi connectivity index (χ1v) is 13.0. The third-order valence-electron chi connectivity index (χ3n) is 5.41. The first-order chi connectivity index (χ1) is 16.6. The van der Waals surface area contributed by atoms with Gasteiger partial charge in [-0.05, 0) is 71.6 Å². The summed E-state index contributed by atoms with van der Waals surface area (Å²) in [5.74, 6) is -0.846. The van der Waals surface area contributed by atoms with Crippen LogP contribution in [0.15, 0.2) is 24.3 Å². The Balaban J connectivity index is 3.47. The van der Waals surface area contributed by atoms with E-state index in [2.05, 4.69) is 17.6 Å². The maximum atomic E-state index is 14.0. The molecule has 2 atom stereocenters. The molecule has 8 heteroatoms. The average molecular weight is 506 g/mol. The van der Waals surface area contributed by atoms with Crippen LogP contribution in [-0.2, 0) is 14.3 Å². The first kappa shape index (κ1) is 31.3. The lowest BCUT2D eigenvalue weighted by atomic mass is 9.97. The van der Waals surface area contributed by atoms with E-state index in [4.69, 9.17) is 4.74 Å². The van der Waals surface area contributed by atoms with Crippen LogP contribution in [0.5, 0.6) is 5.75 Å². The highest BCUT2D eigenvalue weighted by Crippen LogP contribution is 2.27. The van der Waals surface area contributed by atoms with Gasteiger partial charge in [-0.25, -0.2) is 4.79 Å². The van der Waals surface area contributed by atoms with Crippen molar-refractivity contribution in [2.45, 2.75) is 111 Å². The van der Waals surface area contributed by atoms with E-state index in [1.807, 2.05) is 34.6 Å². The van der Waals surface area contributed by atoms with Crippen molar-refractivity contribution in [3.05, 3.63) is 29.8 Å². The molecule has 1 rings (SSSR count). The third-order valence-corrected chi connectivity index (χ3v) is 5.41. The Morgan fingerprint density at radius 2 is 1.56 bits per heavy atom. The molecule has 0 aliphatic heterocycles. The van der Waals surface area contributed by atoms with Crippen LogP contribution in [-0.4, -0.2) is 51.6 Å². The molecule has 0 aromatic heterocycles. The lowest BCUT2D eigenvalue weighted by Crippen LogP contribution is -2.56. The molecule has 0 saturated carbocycles. The largest absolute Gasteiger partial charge is 0.508 e. The van der Waals surface area contributed by atoms with Crippen LogP contribution in [0.1, 0.15) is 99.6 Å². The summed E-state index contributed by atoms with van der Waals surface area (Å²) in [7, 11) is 0. The minimum atomic E-state index is -0.930. The molecule has 0 radical (unpaired) electrons. The van der Waals surface area contributed by atoms with Gasteiger partial charge in [0.15, 0.2) is 0 Å². The summed E-state index contributed by atoms with van der Waals surface area (Å²) < 4.78 is 5.41. The fraction of sp³-hybridized carbons (Fsp3) is 0.679. The number of rotatable bonds is 11. The Hall–Kier alpha value is -2.77. The summed E-state index contributed by atoms with van der Waals surface area (Å²) in [4.78, 5) is 41.8. The van der Waals surface area contributed by atoms with Gasteiger partial charge >= 0.3 is 6.09 Å². The maximum Gasteiger partial charge on any atom is 0.408 e. The zero-order valence-corrected chi connectivity index (χ0v) is 23.6. The van der Waals surface area contributed by atoms with Crippen molar-refractivity contribution >= 4 is 17.9 Å². The minimum absolute atomic E-state index is 0.0706. The molecule has 3 N–H and O–H groups in total. The summed E-state index contributed by atoms with van der Waals surface area (Å²) in [6, 6.07) is 4.51. The smallest absolute Gasteiger partial charge is 0.408 e. The molecule has 0 aliphatic rings. The highest BCUT2D eigenvalue weighted by molar-refractivity contribution is 5.92. The highest BCUT2D eigenvalue weighted by Gasteiger charge is 2.38. The van der Waals surface area contributed by atoms with Crippen LogP contribution < -0.4 is 10.6 Å². The Bertz CT molecular complexity index is 853. The van der Waals surface area contributed by atoms with Crippen molar-refractivity contribution in [2.24, 2.45) is 5.92 Å². The van der Waals surface area contributed by atoms with Crippen molar-refractivity contribution in [3.8, 4) is 5.75 Å². The standard InChI is InChI=1S/C28H47N3O5/c1-10-11-12-13-18-31(25(34)22(19(2)3)29-26(35)36-28(7,8)9)23(24(33)30-27(4,5)6)20-14-16-21(32)17-15-20/h14-17,19,22-23,32H,10-13,18H2,1-9H3,(H,29,35)(H,30,33). The van der Waals surface area contributed by atoms with Gasteiger partial charge in [0.25, 0.3) is 0 Å². The zero-order valence-electron chi connectivity index (χ0n) is 23.6. The fourth-order valence-electron chi connectivity index (χ4n) is 3.77. The minimum Gasteiger partial charge on any atom is -0.508 e. The number of carbonyl (C=O) groups excluding carboxylic acids is 3. The number of hydrogen-bond donors (Lipinski definition) is 3. The molecular formula is C28H47N3O5. The van der Waals surface area contributed by atoms with E-state index < -0.39 is 29.3 Å². The number of alkyl carbamates (subject to hydrolysis) is 1. The summed E-state index contributed by atoms with van der Waals surface area (Å²) >= 11 is 0. The zero-order chi connectivity index (χ0) is 27.7. The molecule has 0 bridgehead atoms. The van der Waals surface area contributed by atoms with Crippen molar-refractivity contribution in [3.63, 3.8) is 0 Å². The van der Waals surface area contributed by atoms with Gasteiger partial charge < -0.3 is 25.4 Å². The predicted octanol–water partition coefficient (Wildman–Crippen LogP) is 5.31. The van der Waals surface area contributed by atoms with Gasteiger partial charge in [-0.1, -0.05) is 52.2 Å². The van der Waals surface area contributed by atoms with E-state index in [1.165, 1.54) is 12.1 Å². The molecule has 0 heterocycles. The molecule has 3 amide bonds. The van der Waals surface area contributed by atoms with Crippen LogP contribution >= 0.6 is 0 Å². The number of hydrogen-bond acceptors (Lipinski definition) is 5. The quantitative estimate of drug-likeness (QED) is 0.353. The molecule has 0 saturated heterocycles. The highest BCUT2D eigenvalue weighted by atomic mass is 16.6. The van der Waals surface area contributed by atoms with E-state index in [0.717, 1.165) is 19.3 Å². The van der Waals surface area contributed by atoms with Gasteiger partial charge in [-0.15, -0.1) is 0 Å². The molecule has 0 spiro atoms. The van der Waals surface area contributed by atoms with Crippen molar-refractivity contribution in [2.75, 3.05) is 6.54 Å². The van der Waals surface area contributed by atoms with Crippen molar-refractivity contribution in [1.82, 2.24) is 15.5 Å². The molecule has 2 unspecified atom stereocenters. The fourth-order valence-corrected chi connectivity index (χ4v) is 3.77. The van der Waals surface area contributed by atoms with Gasteiger partial charge in [-0.3, -0.25) is 9.59 Å². The van der Waals surface area contributed by atoms with Crippen LogP contribution in [0.4, 0.5) is 4.79 Å². The molecule has 36 heavy (non-hydrogen) atoms. The molecule has 0 fully saturated rings. The van der Waals surface area contributed by atoms with Gasteiger partial charge in [0.05, 0.1) is 0 Å². The number of phenols is 1. The van der Waals surface area contributed by atoms with Crippen molar-refractivity contribution in [1.29, 1.82) is 0 Å². The summed E-state index contributed by atoms with van der Waals surface area (Å²) in [6.45, 7) is 17.1. The number of benzene rings is 1. The van der Waals surface area contributed by atoms with E-state index in [1.54, 1.807) is 37.8 Å². The number of nitrogens with zero attached hydrogens (tertiary/aromatic N) is 1. The van der Waals surface area contributed by atoms with Gasteiger partial charge in [0.1, 0.15) is 23.4 Å². The van der Waals surface area contributed by atoms with Crippen LogP contribution in [0, 0.1) is 5.92 Å². The number of ether oxygens (including phenoxy) is 1. The monoisotopic (exact) mass is 505 g/mol. The molecule has 1 aromatic carbocycles. The van der Waals surface area contributed by atoms with Gasteiger partial charge in [0.2, 0.25) is 11.8 Å². The number of aromatic hydroxyl groups is 1. The third kappa shape index (κ3) is 10.9. The Morgan fingerprint density at radius 1 is 0.972 bits per heavy atom. The lowest BCUT2D eigenvalue weighted by Gasteiger charge is -2.37. The average Bonchev–Trinajstić information content (AvgIpc) is 2.72. The van der Waals surface area contributed by atoms with E-state index in [-0.39, 0.29) is 23.5 Å². The molecule has 8 nitrogen and oxygen atoms in total. The van der Waals surface area contributed by atoms with E-state index in [9.17, 15) is 19.5 Å². The van der Waals surface area contributed by atoms with Gasteiger partial charge in [0, 0.05) is 12.1 Å².